The predicted molar refractivity (Wildman–Crippen MR) is 82.7 cm³/mol. The molecule has 3 N–H and O–H groups in total. The van der Waals surface area contributed by atoms with Gasteiger partial charge in [-0.3, -0.25) is 4.79 Å². The first kappa shape index (κ1) is 15.3. The number of hydrogen-bond donors (Lipinski definition) is 2. The highest BCUT2D eigenvalue weighted by Gasteiger charge is 2.71. The van der Waals surface area contributed by atoms with E-state index in [2.05, 4.69) is 26.1 Å². The van der Waals surface area contributed by atoms with Gasteiger partial charge in [-0.05, 0) is 24.7 Å². The zero-order valence-corrected chi connectivity index (χ0v) is 13.7. The molecule has 0 bridgehead atoms. The van der Waals surface area contributed by atoms with Crippen molar-refractivity contribution in [2.24, 2.45) is 28.9 Å². The van der Waals surface area contributed by atoms with Crippen LogP contribution in [0.3, 0.4) is 0 Å². The maximum absolute atomic E-state index is 12.8. The molecule has 1 heterocycles. The lowest BCUT2D eigenvalue weighted by Gasteiger charge is -2.60. The van der Waals surface area contributed by atoms with Gasteiger partial charge in [0.25, 0.3) is 0 Å². The molecule has 0 radical (unpaired) electrons. The molecule has 1 saturated heterocycles. The van der Waals surface area contributed by atoms with Crippen LogP contribution in [0, 0.1) is 23.2 Å². The number of rotatable bonds is 3. The van der Waals surface area contributed by atoms with E-state index in [9.17, 15) is 4.79 Å². The van der Waals surface area contributed by atoms with Gasteiger partial charge in [0, 0.05) is 24.5 Å². The second kappa shape index (κ2) is 5.24. The SMILES string of the molecule is CC1CCCCC1CNC(=O)C1(N)C2CCOC2C1(C)C. The average molecular weight is 294 g/mol. The second-order valence-corrected chi connectivity index (χ2v) is 8.01. The van der Waals surface area contributed by atoms with Gasteiger partial charge < -0.3 is 15.8 Å². The number of amides is 1. The summed E-state index contributed by atoms with van der Waals surface area (Å²) in [6.45, 7) is 7.98. The van der Waals surface area contributed by atoms with Crippen LogP contribution in [0.2, 0.25) is 0 Å². The van der Waals surface area contributed by atoms with Crippen molar-refractivity contribution in [3.63, 3.8) is 0 Å². The van der Waals surface area contributed by atoms with E-state index in [4.69, 9.17) is 10.5 Å². The van der Waals surface area contributed by atoms with Crippen LogP contribution < -0.4 is 11.1 Å². The van der Waals surface area contributed by atoms with Crippen molar-refractivity contribution in [3.05, 3.63) is 0 Å². The van der Waals surface area contributed by atoms with Gasteiger partial charge in [-0.2, -0.15) is 0 Å². The second-order valence-electron chi connectivity index (χ2n) is 8.01. The minimum absolute atomic E-state index is 0.0389. The van der Waals surface area contributed by atoms with Crippen LogP contribution in [0.25, 0.3) is 0 Å². The highest BCUT2D eigenvalue weighted by Crippen LogP contribution is 2.58. The molecule has 0 aromatic heterocycles. The Labute approximate surface area is 128 Å². The van der Waals surface area contributed by atoms with Crippen molar-refractivity contribution in [3.8, 4) is 0 Å². The number of carbonyl (C=O) groups is 1. The molecule has 4 heteroatoms. The number of fused-ring (bicyclic) bond motifs is 1. The summed E-state index contributed by atoms with van der Waals surface area (Å²) >= 11 is 0. The monoisotopic (exact) mass is 294 g/mol. The highest BCUT2D eigenvalue weighted by molar-refractivity contribution is 5.89. The van der Waals surface area contributed by atoms with Crippen LogP contribution in [0.5, 0.6) is 0 Å². The first-order valence-corrected chi connectivity index (χ1v) is 8.58. The van der Waals surface area contributed by atoms with Crippen molar-refractivity contribution < 1.29 is 9.53 Å². The third kappa shape index (κ3) is 2.14. The van der Waals surface area contributed by atoms with E-state index in [0.29, 0.717) is 11.8 Å². The van der Waals surface area contributed by atoms with E-state index in [-0.39, 0.29) is 23.3 Å². The minimum atomic E-state index is -0.758. The van der Waals surface area contributed by atoms with Gasteiger partial charge in [0.05, 0.1) is 6.10 Å². The molecule has 4 nitrogen and oxygen atoms in total. The molecule has 2 saturated carbocycles. The summed E-state index contributed by atoms with van der Waals surface area (Å²) in [7, 11) is 0. The van der Waals surface area contributed by atoms with Crippen molar-refractivity contribution in [2.45, 2.75) is 64.5 Å². The third-order valence-electron chi connectivity index (χ3n) is 6.64. The Bertz CT molecular complexity index is 423. The van der Waals surface area contributed by atoms with E-state index < -0.39 is 5.54 Å². The normalized spacial score (nSPS) is 44.8. The Balaban J connectivity index is 1.62. The fourth-order valence-corrected chi connectivity index (χ4v) is 4.91. The summed E-state index contributed by atoms with van der Waals surface area (Å²) in [5.41, 5.74) is 5.54. The first-order chi connectivity index (χ1) is 9.89. The number of hydrogen-bond acceptors (Lipinski definition) is 3. The zero-order valence-electron chi connectivity index (χ0n) is 13.7. The van der Waals surface area contributed by atoms with Crippen LogP contribution in [0.4, 0.5) is 0 Å². The largest absolute Gasteiger partial charge is 0.377 e. The van der Waals surface area contributed by atoms with Crippen molar-refractivity contribution in [1.29, 1.82) is 0 Å². The Kier molecular flexibility index (Phi) is 3.81. The summed E-state index contributed by atoms with van der Waals surface area (Å²) in [5, 5.41) is 3.17. The number of ether oxygens (including phenoxy) is 1. The van der Waals surface area contributed by atoms with Gasteiger partial charge in [0.1, 0.15) is 5.54 Å². The lowest BCUT2D eigenvalue weighted by Crippen LogP contribution is -2.80. The molecule has 21 heavy (non-hydrogen) atoms. The fourth-order valence-electron chi connectivity index (χ4n) is 4.91. The molecular formula is C17H30N2O2. The molecule has 0 aromatic carbocycles. The smallest absolute Gasteiger partial charge is 0.241 e. The van der Waals surface area contributed by atoms with Gasteiger partial charge in [-0.1, -0.05) is 40.0 Å². The molecule has 3 aliphatic rings. The quantitative estimate of drug-likeness (QED) is 0.837. The van der Waals surface area contributed by atoms with Crippen LogP contribution in [0.15, 0.2) is 0 Å². The van der Waals surface area contributed by atoms with Gasteiger partial charge >= 0.3 is 0 Å². The Hall–Kier alpha value is -0.610. The molecule has 3 fully saturated rings. The minimum Gasteiger partial charge on any atom is -0.377 e. The summed E-state index contributed by atoms with van der Waals surface area (Å²) in [6, 6.07) is 0. The molecule has 5 unspecified atom stereocenters. The molecule has 3 rings (SSSR count). The summed E-state index contributed by atoms with van der Waals surface area (Å²) < 4.78 is 5.76. The number of carbonyl (C=O) groups excluding carboxylic acids is 1. The van der Waals surface area contributed by atoms with Crippen LogP contribution in [-0.2, 0) is 9.53 Å². The molecular weight excluding hydrogens is 264 g/mol. The van der Waals surface area contributed by atoms with Gasteiger partial charge in [-0.15, -0.1) is 0 Å². The molecule has 0 aromatic rings. The lowest BCUT2D eigenvalue weighted by molar-refractivity contribution is -0.175. The van der Waals surface area contributed by atoms with Gasteiger partial charge in [0.15, 0.2) is 0 Å². The third-order valence-corrected chi connectivity index (χ3v) is 6.64. The van der Waals surface area contributed by atoms with Crippen molar-refractivity contribution in [2.75, 3.05) is 13.2 Å². The van der Waals surface area contributed by atoms with E-state index in [1.54, 1.807) is 0 Å². The number of nitrogens with two attached hydrogens (primary N) is 1. The van der Waals surface area contributed by atoms with Crippen LogP contribution in [-0.4, -0.2) is 30.7 Å². The molecule has 5 atom stereocenters. The standard InChI is InChI=1S/C17H30N2O2/c1-11-6-4-5-7-12(11)10-19-15(20)17(18)13-8-9-21-14(13)16(17,2)3/h11-14H,4-10,18H2,1-3H3,(H,19,20). The van der Waals surface area contributed by atoms with E-state index >= 15 is 0 Å². The average Bonchev–Trinajstić information content (AvgIpc) is 2.93. The van der Waals surface area contributed by atoms with Crippen LogP contribution in [0.1, 0.15) is 52.9 Å². The zero-order chi connectivity index (χ0) is 15.3. The predicted octanol–water partition coefficient (Wildman–Crippen LogP) is 2.07. The summed E-state index contributed by atoms with van der Waals surface area (Å²) in [4.78, 5) is 12.8. The van der Waals surface area contributed by atoms with Crippen molar-refractivity contribution in [1.82, 2.24) is 5.32 Å². The van der Waals surface area contributed by atoms with Gasteiger partial charge in [0.2, 0.25) is 5.91 Å². The van der Waals surface area contributed by atoms with E-state index in [0.717, 1.165) is 19.6 Å². The first-order valence-electron chi connectivity index (χ1n) is 8.58. The fraction of sp³-hybridized carbons (Fsp3) is 0.941. The Morgan fingerprint density at radius 3 is 2.71 bits per heavy atom. The highest BCUT2D eigenvalue weighted by atomic mass is 16.5. The van der Waals surface area contributed by atoms with E-state index in [1.165, 1.54) is 25.7 Å². The summed E-state index contributed by atoms with van der Waals surface area (Å²) in [6.07, 6.45) is 6.22. The van der Waals surface area contributed by atoms with Crippen LogP contribution >= 0.6 is 0 Å². The Morgan fingerprint density at radius 1 is 1.29 bits per heavy atom. The number of nitrogens with one attached hydrogen (secondary N) is 1. The maximum atomic E-state index is 12.8. The van der Waals surface area contributed by atoms with Crippen molar-refractivity contribution >= 4 is 5.91 Å². The molecule has 2 aliphatic carbocycles. The molecule has 1 amide bonds. The lowest BCUT2D eigenvalue weighted by atomic mass is 9.48. The molecule has 0 spiro atoms. The maximum Gasteiger partial charge on any atom is 0.241 e. The van der Waals surface area contributed by atoms with E-state index in [1.807, 2.05) is 0 Å². The molecule has 120 valence electrons. The molecule has 1 aliphatic heterocycles. The topological polar surface area (TPSA) is 64.4 Å². The Morgan fingerprint density at radius 2 is 2.00 bits per heavy atom. The van der Waals surface area contributed by atoms with Gasteiger partial charge in [-0.25, -0.2) is 0 Å². The summed E-state index contributed by atoms with van der Waals surface area (Å²) in [5.74, 6) is 1.56.